The molecule has 0 atom stereocenters. The Morgan fingerprint density at radius 1 is 1.06 bits per heavy atom. The average Bonchev–Trinajstić information content (AvgIpc) is 3.32. The Kier molecular flexibility index (Phi) is 9.01. The highest BCUT2D eigenvalue weighted by molar-refractivity contribution is 5.97. The van der Waals surface area contributed by atoms with Gasteiger partial charge in [-0.3, -0.25) is 9.59 Å². The number of amides is 1. The van der Waals surface area contributed by atoms with E-state index < -0.39 is 5.54 Å². The third-order valence-electron chi connectivity index (χ3n) is 6.85. The van der Waals surface area contributed by atoms with Gasteiger partial charge in [-0.05, 0) is 74.6 Å². The average molecular weight is 497 g/mol. The molecular weight excluding hydrogens is 456 g/mol. The Morgan fingerprint density at radius 2 is 1.67 bits per heavy atom. The van der Waals surface area contributed by atoms with Crippen LogP contribution in [0.25, 0.3) is 0 Å². The number of nitrogens with one attached hydrogen (secondary N) is 1. The van der Waals surface area contributed by atoms with E-state index in [0.29, 0.717) is 18.7 Å². The molecule has 1 fully saturated rings. The second-order valence-corrected chi connectivity index (χ2v) is 10.7. The number of nitrogens with zero attached hydrogens (tertiary/aromatic N) is 1. The predicted octanol–water partition coefficient (Wildman–Crippen LogP) is 4.89. The normalized spacial score (nSPS) is 14.3. The van der Waals surface area contributed by atoms with Crippen LogP contribution in [0.5, 0.6) is 11.5 Å². The third-order valence-corrected chi connectivity index (χ3v) is 6.85. The van der Waals surface area contributed by atoms with Crippen LogP contribution in [0.3, 0.4) is 0 Å². The summed E-state index contributed by atoms with van der Waals surface area (Å²) in [5, 5.41) is 23.6. The van der Waals surface area contributed by atoms with E-state index in [1.807, 2.05) is 52.0 Å². The van der Waals surface area contributed by atoms with Gasteiger partial charge in [0.2, 0.25) is 0 Å². The van der Waals surface area contributed by atoms with Crippen molar-refractivity contribution in [1.29, 1.82) is 0 Å². The summed E-state index contributed by atoms with van der Waals surface area (Å²) in [6, 6.07) is 10.8. The van der Waals surface area contributed by atoms with Crippen molar-refractivity contribution < 1.29 is 24.5 Å². The van der Waals surface area contributed by atoms with E-state index in [9.17, 15) is 19.8 Å². The smallest absolute Gasteiger partial charge is 0.326 e. The fourth-order valence-corrected chi connectivity index (χ4v) is 4.49. The standard InChI is InChI=1S/C29H40N2O5/c1-19(2)23-16-24(26(33)17-25(23)32)27(34)31(5)18-21-12-10-20(11-13-21)14-15-30-29(3,4)28(35)36-22-8-6-7-9-22/h10-13,16-17,19,22,30,32-33H,6-9,14-15,18H2,1-5H3. The molecule has 0 unspecified atom stereocenters. The maximum atomic E-state index is 13.0. The lowest BCUT2D eigenvalue weighted by Gasteiger charge is -2.26. The van der Waals surface area contributed by atoms with Gasteiger partial charge in [-0.15, -0.1) is 0 Å². The number of esters is 1. The van der Waals surface area contributed by atoms with Crippen LogP contribution >= 0.6 is 0 Å². The lowest BCUT2D eigenvalue weighted by atomic mass is 9.98. The van der Waals surface area contributed by atoms with Gasteiger partial charge in [0.1, 0.15) is 23.1 Å². The summed E-state index contributed by atoms with van der Waals surface area (Å²) in [6.45, 7) is 8.58. The van der Waals surface area contributed by atoms with Crippen LogP contribution in [-0.2, 0) is 22.5 Å². The monoisotopic (exact) mass is 496 g/mol. The van der Waals surface area contributed by atoms with Gasteiger partial charge in [-0.2, -0.15) is 0 Å². The zero-order valence-electron chi connectivity index (χ0n) is 22.1. The number of carbonyl (C=O) groups excluding carboxylic acids is 2. The maximum Gasteiger partial charge on any atom is 0.326 e. The zero-order valence-corrected chi connectivity index (χ0v) is 22.1. The van der Waals surface area contributed by atoms with Gasteiger partial charge < -0.3 is 25.2 Å². The van der Waals surface area contributed by atoms with Gasteiger partial charge >= 0.3 is 5.97 Å². The minimum atomic E-state index is -0.735. The molecule has 0 spiro atoms. The number of phenolic OH excluding ortho intramolecular Hbond substituents is 2. The molecule has 1 aliphatic rings. The second-order valence-electron chi connectivity index (χ2n) is 10.7. The molecule has 196 valence electrons. The molecule has 0 saturated heterocycles. The van der Waals surface area contributed by atoms with Crippen LogP contribution < -0.4 is 5.32 Å². The molecule has 1 amide bonds. The fourth-order valence-electron chi connectivity index (χ4n) is 4.49. The molecule has 1 aliphatic carbocycles. The molecule has 7 nitrogen and oxygen atoms in total. The van der Waals surface area contributed by atoms with E-state index in [4.69, 9.17) is 4.74 Å². The number of hydrogen-bond acceptors (Lipinski definition) is 6. The minimum Gasteiger partial charge on any atom is -0.508 e. The van der Waals surface area contributed by atoms with E-state index in [0.717, 1.165) is 43.2 Å². The first-order valence-electron chi connectivity index (χ1n) is 12.8. The van der Waals surface area contributed by atoms with Gasteiger partial charge in [0.05, 0.1) is 5.56 Å². The lowest BCUT2D eigenvalue weighted by molar-refractivity contribution is -0.155. The molecule has 2 aromatic carbocycles. The molecule has 2 aromatic rings. The fraction of sp³-hybridized carbons (Fsp3) is 0.517. The number of aromatic hydroxyl groups is 2. The van der Waals surface area contributed by atoms with Gasteiger partial charge in [0.15, 0.2) is 0 Å². The summed E-state index contributed by atoms with van der Waals surface area (Å²) in [7, 11) is 1.69. The molecule has 1 saturated carbocycles. The zero-order chi connectivity index (χ0) is 26.5. The summed E-state index contributed by atoms with van der Waals surface area (Å²) < 4.78 is 5.65. The second kappa shape index (κ2) is 11.8. The predicted molar refractivity (Wildman–Crippen MR) is 140 cm³/mol. The SMILES string of the molecule is CC(C)c1cc(C(=O)N(C)Cc2ccc(CCNC(C)(C)C(=O)OC3CCCC3)cc2)c(O)cc1O. The van der Waals surface area contributed by atoms with Gasteiger partial charge in [-0.1, -0.05) is 38.1 Å². The van der Waals surface area contributed by atoms with Crippen molar-refractivity contribution in [2.75, 3.05) is 13.6 Å². The molecular formula is C29H40N2O5. The number of benzene rings is 2. The maximum absolute atomic E-state index is 13.0. The summed E-state index contributed by atoms with van der Waals surface area (Å²) in [4.78, 5) is 27.0. The molecule has 0 heterocycles. The Balaban J connectivity index is 1.52. The molecule has 0 bridgehead atoms. The Bertz CT molecular complexity index is 1060. The van der Waals surface area contributed by atoms with Crippen LogP contribution in [0.1, 0.15) is 86.3 Å². The quantitative estimate of drug-likeness (QED) is 0.405. The van der Waals surface area contributed by atoms with E-state index >= 15 is 0 Å². The summed E-state index contributed by atoms with van der Waals surface area (Å²) >= 11 is 0. The van der Waals surface area contributed by atoms with E-state index in [2.05, 4.69) is 5.32 Å². The summed E-state index contributed by atoms with van der Waals surface area (Å²) in [5.74, 6) is -0.729. The number of phenols is 2. The Labute approximate surface area is 214 Å². The number of ether oxygens (including phenoxy) is 1. The van der Waals surface area contributed by atoms with Crippen molar-refractivity contribution >= 4 is 11.9 Å². The first kappa shape index (κ1) is 27.5. The highest BCUT2D eigenvalue weighted by atomic mass is 16.5. The van der Waals surface area contributed by atoms with Crippen LogP contribution in [0.2, 0.25) is 0 Å². The van der Waals surface area contributed by atoms with Crippen LogP contribution in [0, 0.1) is 0 Å². The highest BCUT2D eigenvalue weighted by Gasteiger charge is 2.31. The van der Waals surface area contributed by atoms with Gasteiger partial charge in [-0.25, -0.2) is 0 Å². The summed E-state index contributed by atoms with van der Waals surface area (Å²) in [5.41, 5.74) is 2.15. The first-order valence-corrected chi connectivity index (χ1v) is 12.8. The highest BCUT2D eigenvalue weighted by Crippen LogP contribution is 2.33. The summed E-state index contributed by atoms with van der Waals surface area (Å²) in [6.07, 6.45) is 5.00. The van der Waals surface area contributed by atoms with Crippen molar-refractivity contribution in [3.05, 3.63) is 58.7 Å². The van der Waals surface area contributed by atoms with Crippen LogP contribution in [0.4, 0.5) is 0 Å². The van der Waals surface area contributed by atoms with Crippen molar-refractivity contribution in [3.63, 3.8) is 0 Å². The lowest BCUT2D eigenvalue weighted by Crippen LogP contribution is -2.49. The van der Waals surface area contributed by atoms with Gasteiger partial charge in [0.25, 0.3) is 5.91 Å². The molecule has 3 rings (SSSR count). The molecule has 36 heavy (non-hydrogen) atoms. The van der Waals surface area contributed by atoms with Crippen molar-refractivity contribution in [2.45, 2.75) is 83.9 Å². The van der Waals surface area contributed by atoms with E-state index in [1.165, 1.54) is 6.07 Å². The molecule has 0 aromatic heterocycles. The Hall–Kier alpha value is -3.06. The topological polar surface area (TPSA) is 99.1 Å². The Morgan fingerprint density at radius 3 is 2.28 bits per heavy atom. The van der Waals surface area contributed by atoms with Crippen molar-refractivity contribution in [1.82, 2.24) is 10.2 Å². The number of rotatable bonds is 10. The van der Waals surface area contributed by atoms with E-state index in [1.54, 1.807) is 18.0 Å². The van der Waals surface area contributed by atoms with Crippen molar-refractivity contribution in [3.8, 4) is 11.5 Å². The first-order chi connectivity index (χ1) is 17.0. The van der Waals surface area contributed by atoms with Crippen molar-refractivity contribution in [2.24, 2.45) is 0 Å². The molecule has 7 heteroatoms. The molecule has 0 aliphatic heterocycles. The van der Waals surface area contributed by atoms with E-state index in [-0.39, 0.29) is 41.0 Å². The van der Waals surface area contributed by atoms with Gasteiger partial charge in [0, 0.05) is 26.2 Å². The number of hydrogen-bond donors (Lipinski definition) is 3. The molecule has 3 N–H and O–H groups in total. The third kappa shape index (κ3) is 7.00. The number of carbonyl (C=O) groups is 2. The van der Waals surface area contributed by atoms with Crippen LogP contribution in [0.15, 0.2) is 36.4 Å². The largest absolute Gasteiger partial charge is 0.508 e. The van der Waals surface area contributed by atoms with Crippen LogP contribution in [-0.4, -0.2) is 52.2 Å². The minimum absolute atomic E-state index is 0.0131. The molecule has 0 radical (unpaired) electrons.